The van der Waals surface area contributed by atoms with Gasteiger partial charge in [0.15, 0.2) is 0 Å². The summed E-state index contributed by atoms with van der Waals surface area (Å²) in [5.41, 5.74) is 7.91. The lowest BCUT2D eigenvalue weighted by atomic mass is 10.0. The zero-order valence-electron chi connectivity index (χ0n) is 11.7. The molecule has 102 valence electrons. The molecule has 1 aromatic heterocycles. The molecule has 1 aromatic rings. The maximum Gasteiger partial charge on any atom is 0.237 e. The van der Waals surface area contributed by atoms with Crippen LogP contribution in [-0.4, -0.2) is 21.7 Å². The van der Waals surface area contributed by atoms with E-state index in [1.807, 2.05) is 13.2 Å². The molecule has 0 aliphatic heterocycles. The largest absolute Gasteiger partial charge is 0.351 e. The summed E-state index contributed by atoms with van der Waals surface area (Å²) >= 11 is 0. The van der Waals surface area contributed by atoms with Gasteiger partial charge in [-0.3, -0.25) is 9.48 Å². The lowest BCUT2D eigenvalue weighted by Crippen LogP contribution is -2.41. The van der Waals surface area contributed by atoms with Gasteiger partial charge in [-0.15, -0.1) is 0 Å². The van der Waals surface area contributed by atoms with E-state index in [1.165, 1.54) is 0 Å². The van der Waals surface area contributed by atoms with Gasteiger partial charge in [-0.25, -0.2) is 0 Å². The van der Waals surface area contributed by atoms with Crippen LogP contribution in [-0.2, 0) is 24.8 Å². The van der Waals surface area contributed by atoms with E-state index in [1.54, 1.807) is 4.68 Å². The molecule has 0 bridgehead atoms. The minimum atomic E-state index is -0.424. The first-order chi connectivity index (χ1) is 8.43. The van der Waals surface area contributed by atoms with Gasteiger partial charge in [0.25, 0.3) is 0 Å². The summed E-state index contributed by atoms with van der Waals surface area (Å²) in [6, 6.07) is -0.424. The molecule has 0 aliphatic rings. The van der Waals surface area contributed by atoms with E-state index < -0.39 is 6.04 Å². The van der Waals surface area contributed by atoms with Crippen molar-refractivity contribution in [2.75, 3.05) is 0 Å². The molecule has 0 aliphatic carbocycles. The van der Waals surface area contributed by atoms with Gasteiger partial charge >= 0.3 is 0 Å². The van der Waals surface area contributed by atoms with Crippen LogP contribution in [0.15, 0.2) is 6.20 Å². The fraction of sp³-hybridized carbons (Fsp3) is 0.692. The van der Waals surface area contributed by atoms with Crippen LogP contribution in [0.4, 0.5) is 0 Å². The zero-order chi connectivity index (χ0) is 13.7. The fourth-order valence-electron chi connectivity index (χ4n) is 1.96. The summed E-state index contributed by atoms with van der Waals surface area (Å²) in [4.78, 5) is 11.8. The number of hydrogen-bond donors (Lipinski definition) is 2. The summed E-state index contributed by atoms with van der Waals surface area (Å²) < 4.78 is 1.77. The Balaban J connectivity index is 2.51. The van der Waals surface area contributed by atoms with Crippen molar-refractivity contribution in [2.24, 2.45) is 18.7 Å². The highest BCUT2D eigenvalue weighted by atomic mass is 16.2. The zero-order valence-corrected chi connectivity index (χ0v) is 11.7. The molecule has 0 aromatic carbocycles. The Hall–Kier alpha value is -1.36. The van der Waals surface area contributed by atoms with Crippen molar-refractivity contribution in [3.8, 4) is 0 Å². The lowest BCUT2D eigenvalue weighted by Gasteiger charge is -2.13. The van der Waals surface area contributed by atoms with Crippen LogP contribution >= 0.6 is 0 Å². The number of carbonyl (C=O) groups is 1. The molecule has 5 nitrogen and oxygen atoms in total. The highest BCUT2D eigenvalue weighted by Crippen LogP contribution is 2.07. The van der Waals surface area contributed by atoms with Gasteiger partial charge in [0.05, 0.1) is 11.7 Å². The fourth-order valence-corrected chi connectivity index (χ4v) is 1.96. The Kier molecular flexibility index (Phi) is 5.34. The van der Waals surface area contributed by atoms with E-state index in [-0.39, 0.29) is 5.91 Å². The van der Waals surface area contributed by atoms with Gasteiger partial charge in [-0.1, -0.05) is 20.8 Å². The quantitative estimate of drug-likeness (QED) is 0.792. The molecule has 1 rings (SSSR count). The van der Waals surface area contributed by atoms with Crippen molar-refractivity contribution in [1.29, 1.82) is 0 Å². The second-order valence-corrected chi connectivity index (χ2v) is 5.08. The first kappa shape index (κ1) is 14.7. The number of hydrogen-bond acceptors (Lipinski definition) is 3. The normalized spacial score (nSPS) is 12.8. The maximum absolute atomic E-state index is 11.8. The first-order valence-corrected chi connectivity index (χ1v) is 6.48. The highest BCUT2D eigenvalue weighted by molar-refractivity contribution is 5.81. The lowest BCUT2D eigenvalue weighted by molar-refractivity contribution is -0.122. The number of nitrogens with two attached hydrogens (primary N) is 1. The Bertz CT molecular complexity index is 398. The smallest absolute Gasteiger partial charge is 0.237 e. The molecule has 18 heavy (non-hydrogen) atoms. The van der Waals surface area contributed by atoms with E-state index in [0.29, 0.717) is 18.9 Å². The Labute approximate surface area is 109 Å². The van der Waals surface area contributed by atoms with Gasteiger partial charge in [0, 0.05) is 25.4 Å². The second-order valence-electron chi connectivity index (χ2n) is 5.08. The average Bonchev–Trinajstić information content (AvgIpc) is 2.65. The number of rotatable bonds is 6. The average molecular weight is 252 g/mol. The summed E-state index contributed by atoms with van der Waals surface area (Å²) in [6.45, 7) is 6.67. The molecule has 1 atom stereocenters. The molecule has 5 heteroatoms. The summed E-state index contributed by atoms with van der Waals surface area (Å²) in [5.74, 6) is 0.338. The topological polar surface area (TPSA) is 72.9 Å². The van der Waals surface area contributed by atoms with E-state index in [0.717, 1.165) is 17.7 Å². The Morgan fingerprint density at radius 1 is 1.56 bits per heavy atom. The van der Waals surface area contributed by atoms with Gasteiger partial charge in [0.2, 0.25) is 5.91 Å². The Morgan fingerprint density at radius 3 is 2.78 bits per heavy atom. The SMILES string of the molecule is CCc1nn(C)cc1CNC(=O)C(N)CC(C)C. The summed E-state index contributed by atoms with van der Waals surface area (Å²) in [7, 11) is 1.88. The van der Waals surface area contributed by atoms with Crippen LogP contribution in [0, 0.1) is 5.92 Å². The van der Waals surface area contributed by atoms with E-state index in [9.17, 15) is 4.79 Å². The minimum absolute atomic E-state index is 0.0883. The second kappa shape index (κ2) is 6.54. The molecule has 1 heterocycles. The monoisotopic (exact) mass is 252 g/mol. The molecule has 1 unspecified atom stereocenters. The number of carbonyl (C=O) groups excluding carboxylic acids is 1. The summed E-state index contributed by atoms with van der Waals surface area (Å²) in [6.07, 6.45) is 3.51. The molecule has 0 fully saturated rings. The third-order valence-corrected chi connectivity index (χ3v) is 2.84. The maximum atomic E-state index is 11.8. The van der Waals surface area contributed by atoms with Gasteiger partial charge < -0.3 is 11.1 Å². The standard InChI is InChI=1S/C13H24N4O/c1-5-12-10(8-17(4)16-12)7-15-13(18)11(14)6-9(2)3/h8-9,11H,5-7,14H2,1-4H3,(H,15,18). The predicted octanol–water partition coefficient (Wildman–Crippen LogP) is 0.972. The molecule has 0 saturated carbocycles. The molecular weight excluding hydrogens is 228 g/mol. The number of aryl methyl sites for hydroxylation is 2. The van der Waals surface area contributed by atoms with Gasteiger partial charge in [0.1, 0.15) is 0 Å². The molecule has 0 saturated heterocycles. The van der Waals surface area contributed by atoms with E-state index >= 15 is 0 Å². The minimum Gasteiger partial charge on any atom is -0.351 e. The number of aromatic nitrogens is 2. The number of amides is 1. The van der Waals surface area contributed by atoms with Crippen LogP contribution in [0.25, 0.3) is 0 Å². The molecule has 0 radical (unpaired) electrons. The van der Waals surface area contributed by atoms with Crippen molar-refractivity contribution in [2.45, 2.75) is 46.2 Å². The van der Waals surface area contributed by atoms with Gasteiger partial charge in [-0.2, -0.15) is 5.10 Å². The van der Waals surface area contributed by atoms with Crippen LogP contribution < -0.4 is 11.1 Å². The van der Waals surface area contributed by atoms with Crippen molar-refractivity contribution in [3.05, 3.63) is 17.5 Å². The van der Waals surface area contributed by atoms with Crippen LogP contribution in [0.1, 0.15) is 38.4 Å². The van der Waals surface area contributed by atoms with E-state index in [2.05, 4.69) is 31.2 Å². The van der Waals surface area contributed by atoms with Crippen molar-refractivity contribution in [1.82, 2.24) is 15.1 Å². The third kappa shape index (κ3) is 4.14. The van der Waals surface area contributed by atoms with Crippen molar-refractivity contribution in [3.63, 3.8) is 0 Å². The first-order valence-electron chi connectivity index (χ1n) is 6.48. The van der Waals surface area contributed by atoms with Crippen LogP contribution in [0.2, 0.25) is 0 Å². The highest BCUT2D eigenvalue weighted by Gasteiger charge is 2.15. The van der Waals surface area contributed by atoms with Crippen LogP contribution in [0.5, 0.6) is 0 Å². The Morgan fingerprint density at radius 2 is 2.22 bits per heavy atom. The molecule has 1 amide bonds. The van der Waals surface area contributed by atoms with E-state index in [4.69, 9.17) is 5.73 Å². The number of nitrogens with zero attached hydrogens (tertiary/aromatic N) is 2. The predicted molar refractivity (Wildman–Crippen MR) is 71.9 cm³/mol. The molecule has 3 N–H and O–H groups in total. The van der Waals surface area contributed by atoms with Crippen LogP contribution in [0.3, 0.4) is 0 Å². The van der Waals surface area contributed by atoms with Crippen molar-refractivity contribution >= 4 is 5.91 Å². The molecule has 0 spiro atoms. The number of nitrogens with one attached hydrogen (secondary N) is 1. The summed E-state index contributed by atoms with van der Waals surface area (Å²) in [5, 5.41) is 7.21. The van der Waals surface area contributed by atoms with Crippen molar-refractivity contribution < 1.29 is 4.79 Å². The third-order valence-electron chi connectivity index (χ3n) is 2.84. The molecular formula is C13H24N4O. The van der Waals surface area contributed by atoms with Gasteiger partial charge in [-0.05, 0) is 18.8 Å².